The number of hydrogen-bond donors (Lipinski definition) is 2. The monoisotopic (exact) mass is 410 g/mol. The summed E-state index contributed by atoms with van der Waals surface area (Å²) in [5.74, 6) is -0.396. The van der Waals surface area contributed by atoms with Crippen LogP contribution in [0.25, 0.3) is 10.9 Å². The van der Waals surface area contributed by atoms with Crippen LogP contribution in [0.15, 0.2) is 47.5 Å². The predicted molar refractivity (Wildman–Crippen MR) is 117 cm³/mol. The van der Waals surface area contributed by atoms with Gasteiger partial charge in [-0.05, 0) is 43.5 Å². The fourth-order valence-electron chi connectivity index (χ4n) is 3.62. The molecule has 0 aliphatic heterocycles. The van der Waals surface area contributed by atoms with Crippen molar-refractivity contribution in [2.75, 3.05) is 12.9 Å². The number of aryl methyl sites for hydroxylation is 3. The maximum atomic E-state index is 12.6. The van der Waals surface area contributed by atoms with E-state index in [9.17, 15) is 9.59 Å². The van der Waals surface area contributed by atoms with Crippen molar-refractivity contribution < 1.29 is 14.3 Å². The van der Waals surface area contributed by atoms with Crippen LogP contribution in [0.1, 0.15) is 22.3 Å². The number of methoxy groups -OCH3 is 1. The lowest BCUT2D eigenvalue weighted by molar-refractivity contribution is -0.144. The summed E-state index contributed by atoms with van der Waals surface area (Å²) in [7, 11) is 1.34. The van der Waals surface area contributed by atoms with Gasteiger partial charge in [-0.25, -0.2) is 4.79 Å². The lowest BCUT2D eigenvalue weighted by atomic mass is 10.0. The normalized spacial score (nSPS) is 12.0. The molecule has 0 unspecified atom stereocenters. The molecule has 1 atom stereocenters. The first-order chi connectivity index (χ1) is 13.9. The van der Waals surface area contributed by atoms with E-state index in [0.717, 1.165) is 32.5 Å². The highest BCUT2D eigenvalue weighted by atomic mass is 32.2. The van der Waals surface area contributed by atoms with Crippen molar-refractivity contribution in [3.05, 3.63) is 64.8 Å². The number of thioether (sulfide) groups is 1. The molecule has 0 aliphatic carbocycles. The second kappa shape index (κ2) is 9.18. The van der Waals surface area contributed by atoms with Gasteiger partial charge in [-0.15, -0.1) is 11.8 Å². The number of benzene rings is 2. The third-order valence-corrected chi connectivity index (χ3v) is 6.21. The van der Waals surface area contributed by atoms with Crippen molar-refractivity contribution in [1.29, 1.82) is 0 Å². The van der Waals surface area contributed by atoms with E-state index in [1.165, 1.54) is 24.4 Å². The van der Waals surface area contributed by atoms with Crippen LogP contribution in [-0.4, -0.2) is 35.8 Å². The standard InChI is InChI=1S/C23H26N2O3S/c1-14-9-15(2)22(16(3)10-14)29-13-21(26)25-20(23(27)28-4)11-17-12-24-19-8-6-5-7-18(17)19/h5-10,12,20,24H,11,13H2,1-4H3,(H,25,26)/t20-/m1/s1. The van der Waals surface area contributed by atoms with Gasteiger partial charge in [-0.1, -0.05) is 35.9 Å². The first-order valence-electron chi connectivity index (χ1n) is 9.52. The Morgan fingerprint density at radius 3 is 2.52 bits per heavy atom. The van der Waals surface area contributed by atoms with Gasteiger partial charge in [-0.2, -0.15) is 0 Å². The second-order valence-electron chi connectivity index (χ2n) is 7.22. The molecular formula is C23H26N2O3S. The van der Waals surface area contributed by atoms with Gasteiger partial charge in [0.05, 0.1) is 12.9 Å². The minimum absolute atomic E-state index is 0.190. The van der Waals surface area contributed by atoms with Gasteiger partial charge in [0, 0.05) is 28.4 Å². The molecule has 0 saturated carbocycles. The number of rotatable bonds is 7. The second-order valence-corrected chi connectivity index (χ2v) is 8.21. The summed E-state index contributed by atoms with van der Waals surface area (Å²) in [5.41, 5.74) is 5.48. The lowest BCUT2D eigenvalue weighted by Gasteiger charge is -2.17. The Kier molecular flexibility index (Phi) is 6.64. The van der Waals surface area contributed by atoms with Gasteiger partial charge in [-0.3, -0.25) is 4.79 Å². The zero-order valence-corrected chi connectivity index (χ0v) is 18.0. The molecule has 152 valence electrons. The minimum atomic E-state index is -0.729. The minimum Gasteiger partial charge on any atom is -0.467 e. The van der Waals surface area contributed by atoms with Crippen LogP contribution in [0.3, 0.4) is 0 Å². The summed E-state index contributed by atoms with van der Waals surface area (Å²) in [6, 6.07) is 11.4. The summed E-state index contributed by atoms with van der Waals surface area (Å²) < 4.78 is 4.92. The van der Waals surface area contributed by atoms with E-state index in [4.69, 9.17) is 4.74 Å². The SMILES string of the molecule is COC(=O)[C@@H](Cc1c[nH]c2ccccc12)NC(=O)CSc1c(C)cc(C)cc1C. The van der Waals surface area contributed by atoms with Gasteiger partial charge in [0.2, 0.25) is 5.91 Å². The molecule has 0 radical (unpaired) electrons. The molecule has 29 heavy (non-hydrogen) atoms. The van der Waals surface area contributed by atoms with Crippen LogP contribution >= 0.6 is 11.8 Å². The number of esters is 1. The summed E-state index contributed by atoms with van der Waals surface area (Å²) in [5, 5.41) is 3.88. The molecular weight excluding hydrogens is 384 g/mol. The molecule has 3 rings (SSSR count). The molecule has 2 aromatic carbocycles. The molecule has 5 nitrogen and oxygen atoms in total. The molecule has 0 saturated heterocycles. The smallest absolute Gasteiger partial charge is 0.328 e. The van der Waals surface area contributed by atoms with E-state index >= 15 is 0 Å². The van der Waals surface area contributed by atoms with Gasteiger partial charge < -0.3 is 15.0 Å². The number of carbonyl (C=O) groups excluding carboxylic acids is 2. The van der Waals surface area contributed by atoms with Crippen molar-refractivity contribution in [2.24, 2.45) is 0 Å². The Morgan fingerprint density at radius 1 is 1.14 bits per heavy atom. The van der Waals surface area contributed by atoms with Crippen LogP contribution in [-0.2, 0) is 20.7 Å². The van der Waals surface area contributed by atoms with Crippen LogP contribution in [0.4, 0.5) is 0 Å². The van der Waals surface area contributed by atoms with Crippen LogP contribution < -0.4 is 5.32 Å². The largest absolute Gasteiger partial charge is 0.467 e. The zero-order valence-electron chi connectivity index (χ0n) is 17.2. The molecule has 0 aliphatic rings. The van der Waals surface area contributed by atoms with Crippen molar-refractivity contribution >= 4 is 34.5 Å². The summed E-state index contributed by atoms with van der Waals surface area (Å²) in [6.07, 6.45) is 2.25. The molecule has 3 aromatic rings. The Balaban J connectivity index is 1.69. The van der Waals surface area contributed by atoms with E-state index in [2.05, 4.69) is 43.2 Å². The van der Waals surface area contributed by atoms with Crippen molar-refractivity contribution in [3.63, 3.8) is 0 Å². The first-order valence-corrected chi connectivity index (χ1v) is 10.5. The Hall–Kier alpha value is -2.73. The maximum absolute atomic E-state index is 12.6. The highest BCUT2D eigenvalue weighted by Crippen LogP contribution is 2.27. The third-order valence-electron chi connectivity index (χ3n) is 4.87. The quantitative estimate of drug-likeness (QED) is 0.455. The number of H-pyrrole nitrogens is 1. The van der Waals surface area contributed by atoms with E-state index in [1.54, 1.807) is 0 Å². The zero-order chi connectivity index (χ0) is 21.0. The average molecular weight is 411 g/mol. The van der Waals surface area contributed by atoms with Gasteiger partial charge >= 0.3 is 5.97 Å². The number of nitrogens with one attached hydrogen (secondary N) is 2. The van der Waals surface area contributed by atoms with Crippen LogP contribution in [0.5, 0.6) is 0 Å². The maximum Gasteiger partial charge on any atom is 0.328 e. The predicted octanol–water partition coefficient (Wildman–Crippen LogP) is 4.09. The van der Waals surface area contributed by atoms with E-state index in [0.29, 0.717) is 6.42 Å². The molecule has 2 N–H and O–H groups in total. The number of aromatic amines is 1. The lowest BCUT2D eigenvalue weighted by Crippen LogP contribution is -2.43. The number of carbonyl (C=O) groups is 2. The third kappa shape index (κ3) is 5.01. The molecule has 1 amide bonds. The van der Waals surface area contributed by atoms with Crippen LogP contribution in [0.2, 0.25) is 0 Å². The molecule has 1 aromatic heterocycles. The first kappa shape index (κ1) is 21.0. The molecule has 0 bridgehead atoms. The number of ether oxygens (including phenoxy) is 1. The molecule has 6 heteroatoms. The number of hydrogen-bond acceptors (Lipinski definition) is 4. The Bertz CT molecular complexity index is 1020. The van der Waals surface area contributed by atoms with Gasteiger partial charge in [0.1, 0.15) is 6.04 Å². The van der Waals surface area contributed by atoms with Crippen molar-refractivity contribution in [3.8, 4) is 0 Å². The Labute approximate surface area is 175 Å². The number of fused-ring (bicyclic) bond motifs is 1. The van der Waals surface area contributed by atoms with Crippen LogP contribution in [0, 0.1) is 20.8 Å². The Morgan fingerprint density at radius 2 is 1.83 bits per heavy atom. The topological polar surface area (TPSA) is 71.2 Å². The van der Waals surface area contributed by atoms with Crippen molar-refractivity contribution in [1.82, 2.24) is 10.3 Å². The summed E-state index contributed by atoms with van der Waals surface area (Å²) >= 11 is 1.49. The number of para-hydroxylation sites is 1. The van der Waals surface area contributed by atoms with Gasteiger partial charge in [0.25, 0.3) is 0 Å². The number of aromatic nitrogens is 1. The van der Waals surface area contributed by atoms with E-state index < -0.39 is 12.0 Å². The highest BCUT2D eigenvalue weighted by Gasteiger charge is 2.23. The average Bonchev–Trinajstić information content (AvgIpc) is 3.09. The summed E-state index contributed by atoms with van der Waals surface area (Å²) in [4.78, 5) is 29.2. The molecule has 0 spiro atoms. The van der Waals surface area contributed by atoms with E-state index in [1.807, 2.05) is 30.5 Å². The number of amides is 1. The summed E-state index contributed by atoms with van der Waals surface area (Å²) in [6.45, 7) is 6.16. The van der Waals surface area contributed by atoms with E-state index in [-0.39, 0.29) is 11.7 Å². The fraction of sp³-hybridized carbons (Fsp3) is 0.304. The fourth-order valence-corrected chi connectivity index (χ4v) is 4.56. The molecule has 0 fully saturated rings. The highest BCUT2D eigenvalue weighted by molar-refractivity contribution is 8.00. The van der Waals surface area contributed by atoms with Crippen molar-refractivity contribution in [2.45, 2.75) is 38.1 Å². The molecule has 1 heterocycles. The van der Waals surface area contributed by atoms with Gasteiger partial charge in [0.15, 0.2) is 0 Å².